The minimum atomic E-state index is 0.338. The maximum atomic E-state index is 5.92. The van der Waals surface area contributed by atoms with Gasteiger partial charge in [0.2, 0.25) is 0 Å². The third-order valence-corrected chi connectivity index (χ3v) is 2.89. The van der Waals surface area contributed by atoms with Gasteiger partial charge in [-0.15, -0.1) is 0 Å². The van der Waals surface area contributed by atoms with Crippen LogP contribution in [0.1, 0.15) is 5.56 Å². The fourth-order valence-electron chi connectivity index (χ4n) is 1.24. The van der Waals surface area contributed by atoms with E-state index in [4.69, 9.17) is 39.5 Å². The van der Waals surface area contributed by atoms with Crippen LogP contribution in [0.3, 0.4) is 0 Å². The molecule has 88 valence electrons. The minimum Gasteiger partial charge on any atom is -0.489 e. The summed E-state index contributed by atoms with van der Waals surface area (Å²) in [5.74, 6) is 0.723. The van der Waals surface area contributed by atoms with Crippen LogP contribution in [-0.2, 0) is 6.61 Å². The first-order valence-electron chi connectivity index (χ1n) is 4.84. The molecule has 0 unspecified atom stereocenters. The van der Waals surface area contributed by atoms with E-state index in [0.717, 1.165) is 11.3 Å². The molecule has 0 spiro atoms. The number of ether oxygens (including phenoxy) is 1. The Kier molecular flexibility index (Phi) is 4.11. The standard InChI is InChI=1S/C12H8Cl3NO/c13-9-2-4-10(5-3-9)17-7-8-1-6-11(14)16-12(8)15/h1-6H,7H2. The van der Waals surface area contributed by atoms with E-state index in [2.05, 4.69) is 4.98 Å². The summed E-state index contributed by atoms with van der Waals surface area (Å²) in [6.45, 7) is 0.338. The second kappa shape index (κ2) is 5.58. The highest BCUT2D eigenvalue weighted by Crippen LogP contribution is 2.20. The fraction of sp³-hybridized carbons (Fsp3) is 0.0833. The number of pyridine rings is 1. The minimum absolute atomic E-state index is 0.338. The van der Waals surface area contributed by atoms with Crippen molar-refractivity contribution in [3.63, 3.8) is 0 Å². The van der Waals surface area contributed by atoms with Crippen molar-refractivity contribution in [2.45, 2.75) is 6.61 Å². The molecule has 0 N–H and O–H groups in total. The predicted molar refractivity (Wildman–Crippen MR) is 70.0 cm³/mol. The van der Waals surface area contributed by atoms with Crippen LogP contribution in [-0.4, -0.2) is 4.98 Å². The summed E-state index contributed by atoms with van der Waals surface area (Å²) in [5.41, 5.74) is 0.783. The van der Waals surface area contributed by atoms with Gasteiger partial charge in [0, 0.05) is 10.6 Å². The van der Waals surface area contributed by atoms with Gasteiger partial charge in [-0.25, -0.2) is 4.98 Å². The van der Waals surface area contributed by atoms with Crippen molar-refractivity contribution < 1.29 is 4.74 Å². The number of benzene rings is 1. The average Bonchev–Trinajstić information content (AvgIpc) is 2.30. The third kappa shape index (κ3) is 3.50. The lowest BCUT2D eigenvalue weighted by Gasteiger charge is -2.07. The number of nitrogens with zero attached hydrogens (tertiary/aromatic N) is 1. The molecular weight excluding hydrogens is 280 g/mol. The van der Waals surface area contributed by atoms with Crippen LogP contribution in [0, 0.1) is 0 Å². The normalized spacial score (nSPS) is 10.3. The van der Waals surface area contributed by atoms with Crippen molar-refractivity contribution in [1.82, 2.24) is 4.98 Å². The average molecular weight is 289 g/mol. The first-order valence-corrected chi connectivity index (χ1v) is 5.98. The molecule has 0 aliphatic rings. The molecular formula is C12H8Cl3NO. The summed E-state index contributed by atoms with van der Waals surface area (Å²) < 4.78 is 5.54. The van der Waals surface area contributed by atoms with Gasteiger partial charge in [0.15, 0.2) is 0 Å². The van der Waals surface area contributed by atoms with E-state index in [1.54, 1.807) is 36.4 Å². The molecule has 0 bridgehead atoms. The molecule has 1 aromatic heterocycles. The number of halogens is 3. The van der Waals surface area contributed by atoms with Crippen LogP contribution in [0.5, 0.6) is 5.75 Å². The summed E-state index contributed by atoms with van der Waals surface area (Å²) in [7, 11) is 0. The van der Waals surface area contributed by atoms with E-state index in [-0.39, 0.29) is 0 Å². The van der Waals surface area contributed by atoms with Crippen LogP contribution in [0.4, 0.5) is 0 Å². The van der Waals surface area contributed by atoms with Gasteiger partial charge in [0.05, 0.1) is 0 Å². The molecule has 2 aromatic rings. The van der Waals surface area contributed by atoms with E-state index in [0.29, 0.717) is 21.9 Å². The van der Waals surface area contributed by atoms with Gasteiger partial charge in [0.1, 0.15) is 22.7 Å². The van der Waals surface area contributed by atoms with Crippen LogP contribution < -0.4 is 4.74 Å². The molecule has 0 saturated carbocycles. The van der Waals surface area contributed by atoms with Crippen molar-refractivity contribution in [2.24, 2.45) is 0 Å². The molecule has 17 heavy (non-hydrogen) atoms. The van der Waals surface area contributed by atoms with E-state index < -0.39 is 0 Å². The largest absolute Gasteiger partial charge is 0.489 e. The summed E-state index contributed by atoms with van der Waals surface area (Å²) in [4.78, 5) is 3.93. The third-order valence-electron chi connectivity index (χ3n) is 2.10. The molecule has 1 heterocycles. The molecule has 0 fully saturated rings. The van der Waals surface area contributed by atoms with Crippen molar-refractivity contribution in [2.75, 3.05) is 0 Å². The van der Waals surface area contributed by atoms with Gasteiger partial charge in [-0.3, -0.25) is 0 Å². The number of aromatic nitrogens is 1. The van der Waals surface area contributed by atoms with Crippen molar-refractivity contribution >= 4 is 34.8 Å². The molecule has 5 heteroatoms. The Morgan fingerprint density at radius 2 is 1.65 bits per heavy atom. The SMILES string of the molecule is Clc1ccc(OCc2ccc(Cl)nc2Cl)cc1. The number of hydrogen-bond acceptors (Lipinski definition) is 2. The Morgan fingerprint density at radius 3 is 2.29 bits per heavy atom. The lowest BCUT2D eigenvalue weighted by molar-refractivity contribution is 0.306. The predicted octanol–water partition coefficient (Wildman–Crippen LogP) is 4.62. The topological polar surface area (TPSA) is 22.1 Å². The van der Waals surface area contributed by atoms with Crippen molar-refractivity contribution in [1.29, 1.82) is 0 Å². The van der Waals surface area contributed by atoms with E-state index in [9.17, 15) is 0 Å². The lowest BCUT2D eigenvalue weighted by Crippen LogP contribution is -1.97. The maximum absolute atomic E-state index is 5.92. The molecule has 0 amide bonds. The lowest BCUT2D eigenvalue weighted by atomic mass is 10.3. The number of rotatable bonds is 3. The summed E-state index contributed by atoms with van der Waals surface area (Å²) in [6.07, 6.45) is 0. The fourth-order valence-corrected chi connectivity index (χ4v) is 1.77. The summed E-state index contributed by atoms with van der Waals surface area (Å²) >= 11 is 17.4. The molecule has 0 aliphatic heterocycles. The second-order valence-corrected chi connectivity index (χ2v) is 4.51. The van der Waals surface area contributed by atoms with Gasteiger partial charge in [-0.05, 0) is 36.4 Å². The Hall–Kier alpha value is -0.960. The van der Waals surface area contributed by atoms with Gasteiger partial charge in [-0.2, -0.15) is 0 Å². The first kappa shape index (κ1) is 12.5. The number of hydrogen-bond donors (Lipinski definition) is 0. The highest BCUT2D eigenvalue weighted by molar-refractivity contribution is 6.32. The molecule has 1 aromatic carbocycles. The van der Waals surface area contributed by atoms with Crippen molar-refractivity contribution in [3.05, 3.63) is 57.3 Å². The zero-order valence-electron chi connectivity index (χ0n) is 8.66. The Balaban J connectivity index is 2.04. The molecule has 0 aliphatic carbocycles. The zero-order valence-corrected chi connectivity index (χ0v) is 10.9. The quantitative estimate of drug-likeness (QED) is 0.769. The molecule has 0 radical (unpaired) electrons. The van der Waals surface area contributed by atoms with Gasteiger partial charge in [0.25, 0.3) is 0 Å². The van der Waals surface area contributed by atoms with E-state index >= 15 is 0 Å². The van der Waals surface area contributed by atoms with Gasteiger partial charge < -0.3 is 4.74 Å². The molecule has 2 nitrogen and oxygen atoms in total. The van der Waals surface area contributed by atoms with Gasteiger partial charge in [-0.1, -0.05) is 34.8 Å². The summed E-state index contributed by atoms with van der Waals surface area (Å²) in [6, 6.07) is 10.6. The first-order chi connectivity index (χ1) is 8.15. The van der Waals surface area contributed by atoms with Crippen LogP contribution in [0.15, 0.2) is 36.4 Å². The summed E-state index contributed by atoms with van der Waals surface area (Å²) in [5, 5.41) is 1.39. The maximum Gasteiger partial charge on any atom is 0.137 e. The van der Waals surface area contributed by atoms with Crippen molar-refractivity contribution in [3.8, 4) is 5.75 Å². The molecule has 0 saturated heterocycles. The Labute approximate surface area is 114 Å². The molecule has 2 rings (SSSR count). The Morgan fingerprint density at radius 1 is 0.941 bits per heavy atom. The van der Waals surface area contributed by atoms with Crippen LogP contribution in [0.25, 0.3) is 0 Å². The van der Waals surface area contributed by atoms with Gasteiger partial charge >= 0.3 is 0 Å². The van der Waals surface area contributed by atoms with Crippen LogP contribution in [0.2, 0.25) is 15.3 Å². The zero-order chi connectivity index (χ0) is 12.3. The highest BCUT2D eigenvalue weighted by atomic mass is 35.5. The Bertz CT molecular complexity index is 514. The smallest absolute Gasteiger partial charge is 0.137 e. The highest BCUT2D eigenvalue weighted by Gasteiger charge is 2.03. The second-order valence-electron chi connectivity index (χ2n) is 3.33. The molecule has 0 atom stereocenters. The van der Waals surface area contributed by atoms with E-state index in [1.165, 1.54) is 0 Å². The van der Waals surface area contributed by atoms with E-state index in [1.807, 2.05) is 0 Å². The van der Waals surface area contributed by atoms with Crippen LogP contribution >= 0.6 is 34.8 Å². The monoisotopic (exact) mass is 287 g/mol.